The second-order valence-electron chi connectivity index (χ2n) is 5.27. The molecule has 112 valence electrons. The number of benzene rings is 1. The number of fused-ring (bicyclic) bond motifs is 1. The number of hydrogen-bond acceptors (Lipinski definition) is 3. The minimum absolute atomic E-state index is 0.0503. The quantitative estimate of drug-likeness (QED) is 0.919. The third kappa shape index (κ3) is 3.09. The van der Waals surface area contributed by atoms with Crippen LogP contribution in [0.15, 0.2) is 30.5 Å². The summed E-state index contributed by atoms with van der Waals surface area (Å²) in [7, 11) is 1.70. The van der Waals surface area contributed by atoms with E-state index in [4.69, 9.17) is 9.47 Å². The third-order valence-electron chi connectivity index (χ3n) is 3.80. The molecule has 5 heteroatoms. The Hall–Kier alpha value is -1.85. The van der Waals surface area contributed by atoms with Crippen molar-refractivity contribution in [3.63, 3.8) is 0 Å². The summed E-state index contributed by atoms with van der Waals surface area (Å²) in [6.07, 6.45) is 3.50. The van der Waals surface area contributed by atoms with Crippen LogP contribution < -0.4 is 5.32 Å². The first-order valence-corrected chi connectivity index (χ1v) is 7.28. The van der Waals surface area contributed by atoms with Gasteiger partial charge in [0.05, 0.1) is 6.61 Å². The SMILES string of the molecule is COCCn1ccc2cc(NC(=O)[C@@H]3CCCO3)ccc21. The number of nitrogens with zero attached hydrogens (tertiary/aromatic N) is 1. The largest absolute Gasteiger partial charge is 0.383 e. The Balaban J connectivity index is 1.73. The number of amides is 1. The molecular weight excluding hydrogens is 268 g/mol. The number of carbonyl (C=O) groups excluding carboxylic acids is 1. The summed E-state index contributed by atoms with van der Waals surface area (Å²) in [5.74, 6) is -0.0503. The van der Waals surface area contributed by atoms with E-state index in [9.17, 15) is 4.79 Å². The van der Waals surface area contributed by atoms with Gasteiger partial charge in [-0.3, -0.25) is 4.79 Å². The van der Waals surface area contributed by atoms with Gasteiger partial charge < -0.3 is 19.4 Å². The van der Waals surface area contributed by atoms with Crippen LogP contribution in [0.25, 0.3) is 10.9 Å². The van der Waals surface area contributed by atoms with Crippen LogP contribution >= 0.6 is 0 Å². The van der Waals surface area contributed by atoms with Crippen LogP contribution in [0.1, 0.15) is 12.8 Å². The van der Waals surface area contributed by atoms with Crippen LogP contribution in [-0.2, 0) is 20.8 Å². The van der Waals surface area contributed by atoms with Crippen LogP contribution in [0.5, 0.6) is 0 Å². The van der Waals surface area contributed by atoms with Crippen LogP contribution in [-0.4, -0.2) is 36.9 Å². The number of nitrogens with one attached hydrogen (secondary N) is 1. The predicted octanol–water partition coefficient (Wildman–Crippen LogP) is 2.41. The normalized spacial score (nSPS) is 18.2. The van der Waals surface area contributed by atoms with Gasteiger partial charge in [-0.05, 0) is 37.1 Å². The Labute approximate surface area is 123 Å². The zero-order valence-electron chi connectivity index (χ0n) is 12.2. The van der Waals surface area contributed by atoms with Crippen molar-refractivity contribution in [3.8, 4) is 0 Å². The van der Waals surface area contributed by atoms with Gasteiger partial charge in [-0.2, -0.15) is 0 Å². The molecule has 0 bridgehead atoms. The van der Waals surface area contributed by atoms with E-state index in [0.29, 0.717) is 13.2 Å². The Morgan fingerprint density at radius 2 is 2.38 bits per heavy atom. The number of rotatable bonds is 5. The van der Waals surface area contributed by atoms with Crippen molar-refractivity contribution < 1.29 is 14.3 Å². The second kappa shape index (κ2) is 6.28. The van der Waals surface area contributed by atoms with Gasteiger partial charge in [0.25, 0.3) is 5.91 Å². The van der Waals surface area contributed by atoms with Crippen LogP contribution in [0.2, 0.25) is 0 Å². The van der Waals surface area contributed by atoms with E-state index in [0.717, 1.165) is 36.0 Å². The molecule has 0 unspecified atom stereocenters. The molecule has 1 atom stereocenters. The van der Waals surface area contributed by atoms with Gasteiger partial charge >= 0.3 is 0 Å². The minimum Gasteiger partial charge on any atom is -0.383 e. The fourth-order valence-corrected chi connectivity index (χ4v) is 2.67. The molecule has 2 heterocycles. The number of aromatic nitrogens is 1. The molecule has 0 aliphatic carbocycles. The molecular formula is C16H20N2O3. The van der Waals surface area contributed by atoms with Crippen LogP contribution in [0.3, 0.4) is 0 Å². The van der Waals surface area contributed by atoms with Crippen molar-refractivity contribution in [1.29, 1.82) is 0 Å². The summed E-state index contributed by atoms with van der Waals surface area (Å²) in [5.41, 5.74) is 1.95. The molecule has 1 aliphatic rings. The van der Waals surface area contributed by atoms with Crippen LogP contribution in [0.4, 0.5) is 5.69 Å². The van der Waals surface area contributed by atoms with E-state index in [1.54, 1.807) is 7.11 Å². The molecule has 5 nitrogen and oxygen atoms in total. The van der Waals surface area contributed by atoms with Crippen molar-refractivity contribution >= 4 is 22.5 Å². The summed E-state index contributed by atoms with van der Waals surface area (Å²) >= 11 is 0. The molecule has 3 rings (SSSR count). The van der Waals surface area contributed by atoms with Crippen molar-refractivity contribution in [2.24, 2.45) is 0 Å². The van der Waals surface area contributed by atoms with E-state index in [-0.39, 0.29) is 12.0 Å². The number of hydrogen-bond donors (Lipinski definition) is 1. The average Bonchev–Trinajstić information content (AvgIpc) is 3.14. The van der Waals surface area contributed by atoms with Crippen molar-refractivity contribution in [3.05, 3.63) is 30.5 Å². The molecule has 1 saturated heterocycles. The lowest BCUT2D eigenvalue weighted by atomic mass is 10.2. The van der Waals surface area contributed by atoms with E-state index in [2.05, 4.69) is 9.88 Å². The topological polar surface area (TPSA) is 52.5 Å². The predicted molar refractivity (Wildman–Crippen MR) is 81.4 cm³/mol. The Kier molecular flexibility index (Phi) is 4.22. The maximum Gasteiger partial charge on any atom is 0.253 e. The summed E-state index contributed by atoms with van der Waals surface area (Å²) in [5, 5.41) is 4.04. The van der Waals surface area contributed by atoms with Crippen molar-refractivity contribution in [1.82, 2.24) is 4.57 Å². The van der Waals surface area contributed by atoms with E-state index in [1.807, 2.05) is 30.5 Å². The highest BCUT2D eigenvalue weighted by molar-refractivity contribution is 5.96. The molecule has 1 fully saturated rings. The van der Waals surface area contributed by atoms with Gasteiger partial charge in [-0.25, -0.2) is 0 Å². The number of anilines is 1. The molecule has 0 spiro atoms. The highest BCUT2D eigenvalue weighted by Crippen LogP contribution is 2.22. The second-order valence-corrected chi connectivity index (χ2v) is 5.27. The number of methoxy groups -OCH3 is 1. The molecule has 2 aromatic rings. The van der Waals surface area contributed by atoms with Gasteiger partial charge in [0.1, 0.15) is 6.10 Å². The number of ether oxygens (including phenoxy) is 2. The maximum atomic E-state index is 12.0. The van der Waals surface area contributed by atoms with Crippen LogP contribution in [0, 0.1) is 0 Å². The molecule has 1 amide bonds. The molecule has 1 aromatic carbocycles. The standard InChI is InChI=1S/C16H20N2O3/c1-20-10-8-18-7-6-12-11-13(4-5-14(12)18)17-16(19)15-3-2-9-21-15/h4-7,11,15H,2-3,8-10H2,1H3,(H,17,19)/t15-/m0/s1. The molecule has 0 radical (unpaired) electrons. The van der Waals surface area contributed by atoms with Gasteiger partial charge in [-0.1, -0.05) is 0 Å². The highest BCUT2D eigenvalue weighted by atomic mass is 16.5. The van der Waals surface area contributed by atoms with E-state index >= 15 is 0 Å². The first-order valence-electron chi connectivity index (χ1n) is 7.28. The molecule has 1 aliphatic heterocycles. The summed E-state index contributed by atoms with van der Waals surface area (Å²) in [6.45, 7) is 2.18. The highest BCUT2D eigenvalue weighted by Gasteiger charge is 2.23. The number of carbonyl (C=O) groups is 1. The van der Waals surface area contributed by atoms with Gasteiger partial charge in [0.2, 0.25) is 0 Å². The fraction of sp³-hybridized carbons (Fsp3) is 0.438. The Bertz CT molecular complexity index is 629. The first kappa shape index (κ1) is 14.1. The fourth-order valence-electron chi connectivity index (χ4n) is 2.67. The minimum atomic E-state index is -0.299. The van der Waals surface area contributed by atoms with E-state index in [1.165, 1.54) is 0 Å². The van der Waals surface area contributed by atoms with Crippen molar-refractivity contribution in [2.45, 2.75) is 25.5 Å². The average molecular weight is 288 g/mol. The summed E-state index contributed by atoms with van der Waals surface area (Å²) < 4.78 is 12.6. The molecule has 0 saturated carbocycles. The summed E-state index contributed by atoms with van der Waals surface area (Å²) in [6, 6.07) is 7.99. The van der Waals surface area contributed by atoms with E-state index < -0.39 is 0 Å². The first-order chi connectivity index (χ1) is 10.3. The van der Waals surface area contributed by atoms with Gasteiger partial charge in [0, 0.05) is 43.0 Å². The van der Waals surface area contributed by atoms with Gasteiger partial charge in [0.15, 0.2) is 0 Å². The lowest BCUT2D eigenvalue weighted by molar-refractivity contribution is -0.124. The maximum absolute atomic E-state index is 12.0. The lowest BCUT2D eigenvalue weighted by Gasteiger charge is -2.11. The zero-order valence-corrected chi connectivity index (χ0v) is 12.2. The Morgan fingerprint density at radius 1 is 1.48 bits per heavy atom. The Morgan fingerprint density at radius 3 is 3.14 bits per heavy atom. The van der Waals surface area contributed by atoms with Gasteiger partial charge in [-0.15, -0.1) is 0 Å². The summed E-state index contributed by atoms with van der Waals surface area (Å²) in [4.78, 5) is 12.0. The lowest BCUT2D eigenvalue weighted by Crippen LogP contribution is -2.26. The van der Waals surface area contributed by atoms with Crippen molar-refractivity contribution in [2.75, 3.05) is 25.6 Å². The zero-order chi connectivity index (χ0) is 14.7. The third-order valence-corrected chi connectivity index (χ3v) is 3.80. The monoisotopic (exact) mass is 288 g/mol. The smallest absolute Gasteiger partial charge is 0.253 e. The molecule has 1 N–H and O–H groups in total. The molecule has 21 heavy (non-hydrogen) atoms. The molecule has 1 aromatic heterocycles.